The monoisotopic (exact) mass is 212 g/mol. The Bertz CT molecular complexity index is 292. The molecule has 3 heteroatoms. The smallest absolute Gasteiger partial charge is 0.152 e. The lowest BCUT2D eigenvalue weighted by atomic mass is 9.92. The molecule has 1 rings (SSSR count). The molecule has 0 amide bonds. The lowest BCUT2D eigenvalue weighted by molar-refractivity contribution is 0.390. The second-order valence-corrected chi connectivity index (χ2v) is 4.94. The van der Waals surface area contributed by atoms with Crippen molar-refractivity contribution in [1.82, 2.24) is 4.98 Å². The Labute approximate surface area is 90.7 Å². The lowest BCUT2D eigenvalue weighted by Crippen LogP contribution is -2.13. The molecule has 0 atom stereocenters. The molecule has 1 aromatic rings. The Balaban J connectivity index is 2.43. The first kappa shape index (κ1) is 11.3. The van der Waals surface area contributed by atoms with Gasteiger partial charge in [0.2, 0.25) is 0 Å². The first-order valence-corrected chi connectivity index (χ1v) is 5.21. The van der Waals surface area contributed by atoms with Crippen LogP contribution in [0.15, 0.2) is 18.3 Å². The van der Waals surface area contributed by atoms with E-state index in [1.807, 2.05) is 12.1 Å². The van der Waals surface area contributed by atoms with Crippen LogP contribution >= 0.6 is 11.6 Å². The Kier molecular flexibility index (Phi) is 3.76. The Hall–Kier alpha value is -0.760. The van der Waals surface area contributed by atoms with E-state index in [2.05, 4.69) is 31.1 Å². The summed E-state index contributed by atoms with van der Waals surface area (Å²) in [6.07, 6.45) is 2.80. The molecule has 0 radical (unpaired) electrons. The first-order valence-electron chi connectivity index (χ1n) is 4.83. The molecule has 0 bridgehead atoms. The SMILES string of the molecule is CC(C)(C)CCNc1cccnc1Cl. The van der Waals surface area contributed by atoms with Crippen LogP contribution in [0.1, 0.15) is 27.2 Å². The van der Waals surface area contributed by atoms with Crippen LogP contribution in [0.3, 0.4) is 0 Å². The maximum absolute atomic E-state index is 5.90. The van der Waals surface area contributed by atoms with E-state index < -0.39 is 0 Å². The molecular weight excluding hydrogens is 196 g/mol. The van der Waals surface area contributed by atoms with Crippen LogP contribution in [0, 0.1) is 5.41 Å². The molecule has 0 saturated carbocycles. The third-order valence-corrected chi connectivity index (χ3v) is 2.25. The van der Waals surface area contributed by atoms with Gasteiger partial charge in [0.15, 0.2) is 5.15 Å². The van der Waals surface area contributed by atoms with Gasteiger partial charge < -0.3 is 5.32 Å². The van der Waals surface area contributed by atoms with Crippen LogP contribution < -0.4 is 5.32 Å². The fourth-order valence-electron chi connectivity index (χ4n) is 1.09. The van der Waals surface area contributed by atoms with Crippen molar-refractivity contribution in [2.45, 2.75) is 27.2 Å². The standard InChI is InChI=1S/C11H17ClN2/c1-11(2,3)6-8-13-9-5-4-7-14-10(9)12/h4-5,7,13H,6,8H2,1-3H3. The lowest BCUT2D eigenvalue weighted by Gasteiger charge is -2.18. The van der Waals surface area contributed by atoms with Crippen LogP contribution in [0.4, 0.5) is 5.69 Å². The first-order chi connectivity index (χ1) is 6.49. The summed E-state index contributed by atoms with van der Waals surface area (Å²) in [6.45, 7) is 7.59. The quantitative estimate of drug-likeness (QED) is 0.775. The van der Waals surface area contributed by atoms with Gasteiger partial charge >= 0.3 is 0 Å². The molecule has 0 aliphatic heterocycles. The van der Waals surface area contributed by atoms with Gasteiger partial charge in [0, 0.05) is 12.7 Å². The van der Waals surface area contributed by atoms with E-state index in [9.17, 15) is 0 Å². The van der Waals surface area contributed by atoms with Crippen LogP contribution in [0.5, 0.6) is 0 Å². The molecule has 1 heterocycles. The van der Waals surface area contributed by atoms with Gasteiger partial charge in [-0.15, -0.1) is 0 Å². The van der Waals surface area contributed by atoms with Gasteiger partial charge in [0.1, 0.15) is 0 Å². The number of rotatable bonds is 3. The maximum atomic E-state index is 5.90. The number of halogens is 1. The van der Waals surface area contributed by atoms with Gasteiger partial charge in [-0.2, -0.15) is 0 Å². The molecule has 2 nitrogen and oxygen atoms in total. The van der Waals surface area contributed by atoms with E-state index in [1.54, 1.807) is 6.20 Å². The van der Waals surface area contributed by atoms with Crippen LogP contribution in [-0.2, 0) is 0 Å². The zero-order valence-electron chi connectivity index (χ0n) is 8.97. The van der Waals surface area contributed by atoms with Crippen LogP contribution in [-0.4, -0.2) is 11.5 Å². The number of hydrogen-bond acceptors (Lipinski definition) is 2. The molecule has 0 spiro atoms. The second-order valence-electron chi connectivity index (χ2n) is 4.58. The summed E-state index contributed by atoms with van der Waals surface area (Å²) in [4.78, 5) is 4.00. The molecule has 0 saturated heterocycles. The summed E-state index contributed by atoms with van der Waals surface area (Å²) in [6, 6.07) is 3.82. The Morgan fingerprint density at radius 1 is 1.43 bits per heavy atom. The van der Waals surface area contributed by atoms with Gasteiger partial charge in [0.05, 0.1) is 5.69 Å². The minimum absolute atomic E-state index is 0.349. The van der Waals surface area contributed by atoms with Crippen molar-refractivity contribution in [3.63, 3.8) is 0 Å². The number of anilines is 1. The number of nitrogens with one attached hydrogen (secondary N) is 1. The third kappa shape index (κ3) is 3.97. The highest BCUT2D eigenvalue weighted by Crippen LogP contribution is 2.21. The minimum Gasteiger partial charge on any atom is -0.383 e. The van der Waals surface area contributed by atoms with Crippen molar-refractivity contribution >= 4 is 17.3 Å². The van der Waals surface area contributed by atoms with Gasteiger partial charge in [-0.25, -0.2) is 4.98 Å². The third-order valence-electron chi connectivity index (χ3n) is 1.95. The number of nitrogens with zero attached hydrogens (tertiary/aromatic N) is 1. The predicted molar refractivity (Wildman–Crippen MR) is 61.8 cm³/mol. The predicted octanol–water partition coefficient (Wildman–Crippen LogP) is 3.58. The summed E-state index contributed by atoms with van der Waals surface area (Å²) in [5, 5.41) is 3.82. The van der Waals surface area contributed by atoms with Crippen LogP contribution in [0.25, 0.3) is 0 Å². The van der Waals surface area contributed by atoms with E-state index in [0.717, 1.165) is 18.7 Å². The summed E-state index contributed by atoms with van der Waals surface area (Å²) < 4.78 is 0. The van der Waals surface area contributed by atoms with Crippen molar-refractivity contribution in [2.24, 2.45) is 5.41 Å². The van der Waals surface area contributed by atoms with E-state index in [4.69, 9.17) is 11.6 Å². The highest BCUT2D eigenvalue weighted by Gasteiger charge is 2.09. The largest absolute Gasteiger partial charge is 0.383 e. The van der Waals surface area contributed by atoms with E-state index in [-0.39, 0.29) is 0 Å². The van der Waals surface area contributed by atoms with E-state index >= 15 is 0 Å². The van der Waals surface area contributed by atoms with Crippen LogP contribution in [0.2, 0.25) is 5.15 Å². The second kappa shape index (κ2) is 4.65. The fraction of sp³-hybridized carbons (Fsp3) is 0.545. The number of aromatic nitrogens is 1. The van der Waals surface area contributed by atoms with Crippen molar-refractivity contribution in [2.75, 3.05) is 11.9 Å². The Morgan fingerprint density at radius 2 is 2.14 bits per heavy atom. The number of pyridine rings is 1. The Morgan fingerprint density at radius 3 is 2.71 bits per heavy atom. The number of hydrogen-bond donors (Lipinski definition) is 1. The highest BCUT2D eigenvalue weighted by molar-refractivity contribution is 6.31. The van der Waals surface area contributed by atoms with E-state index in [0.29, 0.717) is 10.6 Å². The zero-order chi connectivity index (χ0) is 10.6. The van der Waals surface area contributed by atoms with Crippen molar-refractivity contribution in [3.8, 4) is 0 Å². The van der Waals surface area contributed by atoms with Crippen molar-refractivity contribution < 1.29 is 0 Å². The molecule has 0 aliphatic rings. The summed E-state index contributed by atoms with van der Waals surface area (Å²) in [7, 11) is 0. The van der Waals surface area contributed by atoms with Gasteiger partial charge in [-0.05, 0) is 24.0 Å². The molecule has 78 valence electrons. The molecule has 0 aliphatic carbocycles. The average Bonchev–Trinajstić information content (AvgIpc) is 2.06. The van der Waals surface area contributed by atoms with Gasteiger partial charge in [0.25, 0.3) is 0 Å². The minimum atomic E-state index is 0.349. The topological polar surface area (TPSA) is 24.9 Å². The molecule has 1 N–H and O–H groups in total. The van der Waals surface area contributed by atoms with Crippen molar-refractivity contribution in [1.29, 1.82) is 0 Å². The summed E-state index contributed by atoms with van der Waals surface area (Å²) in [5.74, 6) is 0. The molecular formula is C11H17ClN2. The maximum Gasteiger partial charge on any atom is 0.152 e. The average molecular weight is 213 g/mol. The highest BCUT2D eigenvalue weighted by atomic mass is 35.5. The molecule has 1 aromatic heterocycles. The van der Waals surface area contributed by atoms with Gasteiger partial charge in [-0.1, -0.05) is 32.4 Å². The van der Waals surface area contributed by atoms with Gasteiger partial charge in [-0.3, -0.25) is 0 Å². The molecule has 0 fully saturated rings. The molecule has 14 heavy (non-hydrogen) atoms. The van der Waals surface area contributed by atoms with E-state index in [1.165, 1.54) is 0 Å². The summed E-state index contributed by atoms with van der Waals surface area (Å²) >= 11 is 5.90. The molecule has 0 unspecified atom stereocenters. The fourth-order valence-corrected chi connectivity index (χ4v) is 1.28. The normalized spacial score (nSPS) is 11.4. The zero-order valence-corrected chi connectivity index (χ0v) is 9.73. The van der Waals surface area contributed by atoms with Crippen molar-refractivity contribution in [3.05, 3.63) is 23.5 Å². The molecule has 0 aromatic carbocycles. The summed E-state index contributed by atoms with van der Waals surface area (Å²) in [5.41, 5.74) is 1.26.